The summed E-state index contributed by atoms with van der Waals surface area (Å²) >= 11 is 0. The van der Waals surface area contributed by atoms with Gasteiger partial charge in [-0.05, 0) is 12.3 Å². The van der Waals surface area contributed by atoms with E-state index < -0.39 is 0 Å². The molecule has 0 unspecified atom stereocenters. The Morgan fingerprint density at radius 1 is 1.44 bits per heavy atom. The van der Waals surface area contributed by atoms with E-state index in [1.165, 1.54) is 0 Å². The van der Waals surface area contributed by atoms with Gasteiger partial charge in [-0.1, -0.05) is 13.8 Å². The molecule has 0 radical (unpaired) electrons. The Morgan fingerprint density at radius 2 is 2.22 bits per heavy atom. The highest BCUT2D eigenvalue weighted by Crippen LogP contribution is 2.23. The molecule has 0 spiro atoms. The number of hydrogen-bond acceptors (Lipinski definition) is 4. The minimum Gasteiger partial charge on any atom is -0.395 e. The second kappa shape index (κ2) is 5.39. The normalized spacial score (nSPS) is 16.9. The van der Waals surface area contributed by atoms with Crippen LogP contribution in [-0.4, -0.2) is 47.3 Å². The van der Waals surface area contributed by atoms with E-state index in [-0.39, 0.29) is 11.8 Å². The lowest BCUT2D eigenvalue weighted by Crippen LogP contribution is -2.33. The number of nitrogens with two attached hydrogens (primary N) is 1. The Labute approximate surface area is 106 Å². The number of ether oxygens (including phenoxy) is 1. The molecule has 1 aromatic rings. The summed E-state index contributed by atoms with van der Waals surface area (Å²) in [7, 11) is 0. The first-order valence-corrected chi connectivity index (χ1v) is 6.32. The first-order chi connectivity index (χ1) is 8.61. The molecule has 6 nitrogen and oxygen atoms in total. The summed E-state index contributed by atoms with van der Waals surface area (Å²) in [6, 6.07) is 0. The lowest BCUT2D eigenvalue weighted by Gasteiger charge is -2.18. The number of aromatic amines is 1. The smallest absolute Gasteiger partial charge is 0.276 e. The van der Waals surface area contributed by atoms with Crippen molar-refractivity contribution < 1.29 is 9.53 Å². The van der Waals surface area contributed by atoms with Crippen LogP contribution in [-0.2, 0) is 4.74 Å². The van der Waals surface area contributed by atoms with Gasteiger partial charge in [0.2, 0.25) is 0 Å². The van der Waals surface area contributed by atoms with Crippen molar-refractivity contribution >= 4 is 11.6 Å². The molecule has 2 heterocycles. The van der Waals surface area contributed by atoms with Crippen LogP contribution >= 0.6 is 0 Å². The van der Waals surface area contributed by atoms with Gasteiger partial charge < -0.3 is 15.4 Å². The monoisotopic (exact) mass is 252 g/mol. The topological polar surface area (TPSA) is 84.2 Å². The van der Waals surface area contributed by atoms with E-state index in [2.05, 4.69) is 10.2 Å². The summed E-state index contributed by atoms with van der Waals surface area (Å²) in [5.74, 6) is 0.118. The Hall–Kier alpha value is -1.56. The number of carbonyl (C=O) groups excluding carboxylic acids is 1. The molecular formula is C12H20N4O2. The van der Waals surface area contributed by atoms with Gasteiger partial charge in [-0.15, -0.1) is 0 Å². The van der Waals surface area contributed by atoms with E-state index in [0.717, 1.165) is 12.1 Å². The third-order valence-corrected chi connectivity index (χ3v) is 3.12. The lowest BCUT2D eigenvalue weighted by atomic mass is 10.1. The first-order valence-electron chi connectivity index (χ1n) is 6.32. The van der Waals surface area contributed by atoms with E-state index in [1.807, 2.05) is 13.8 Å². The SMILES string of the molecule is CC(C)c1[nH]nc(C(=O)N2CCCOCC2)c1N. The van der Waals surface area contributed by atoms with Crippen molar-refractivity contribution in [3.8, 4) is 0 Å². The largest absolute Gasteiger partial charge is 0.395 e. The predicted molar refractivity (Wildman–Crippen MR) is 68.4 cm³/mol. The van der Waals surface area contributed by atoms with Crippen molar-refractivity contribution in [2.45, 2.75) is 26.2 Å². The molecule has 1 aromatic heterocycles. The second-order valence-electron chi connectivity index (χ2n) is 4.81. The van der Waals surface area contributed by atoms with E-state index in [4.69, 9.17) is 10.5 Å². The van der Waals surface area contributed by atoms with E-state index >= 15 is 0 Å². The van der Waals surface area contributed by atoms with Gasteiger partial charge in [-0.25, -0.2) is 0 Å². The van der Waals surface area contributed by atoms with Crippen LogP contribution in [0.25, 0.3) is 0 Å². The zero-order chi connectivity index (χ0) is 13.1. The molecular weight excluding hydrogens is 232 g/mol. The maximum Gasteiger partial charge on any atom is 0.276 e. The van der Waals surface area contributed by atoms with Crippen molar-refractivity contribution in [1.82, 2.24) is 15.1 Å². The predicted octanol–water partition coefficient (Wildman–Crippen LogP) is 0.978. The Kier molecular flexibility index (Phi) is 3.86. The quantitative estimate of drug-likeness (QED) is 0.821. The van der Waals surface area contributed by atoms with Gasteiger partial charge in [0.15, 0.2) is 5.69 Å². The van der Waals surface area contributed by atoms with Crippen LogP contribution in [0.1, 0.15) is 42.4 Å². The second-order valence-corrected chi connectivity index (χ2v) is 4.81. The van der Waals surface area contributed by atoms with E-state index in [0.29, 0.717) is 37.7 Å². The van der Waals surface area contributed by atoms with Crippen LogP contribution in [0.2, 0.25) is 0 Å². The number of nitrogen functional groups attached to an aromatic ring is 1. The number of anilines is 1. The van der Waals surface area contributed by atoms with Crippen LogP contribution in [0.3, 0.4) is 0 Å². The fraction of sp³-hybridized carbons (Fsp3) is 0.667. The number of nitrogens with zero attached hydrogens (tertiary/aromatic N) is 2. The van der Waals surface area contributed by atoms with E-state index in [9.17, 15) is 4.79 Å². The van der Waals surface area contributed by atoms with Gasteiger partial charge in [0, 0.05) is 19.7 Å². The number of aromatic nitrogens is 2. The molecule has 0 atom stereocenters. The summed E-state index contributed by atoms with van der Waals surface area (Å²) < 4.78 is 5.33. The molecule has 2 rings (SSSR count). The molecule has 0 aliphatic carbocycles. The van der Waals surface area contributed by atoms with Gasteiger partial charge in [-0.3, -0.25) is 9.89 Å². The maximum atomic E-state index is 12.3. The molecule has 18 heavy (non-hydrogen) atoms. The number of rotatable bonds is 2. The Morgan fingerprint density at radius 3 is 2.89 bits per heavy atom. The number of H-pyrrole nitrogens is 1. The van der Waals surface area contributed by atoms with Crippen molar-refractivity contribution in [2.75, 3.05) is 32.0 Å². The fourth-order valence-electron chi connectivity index (χ4n) is 2.07. The highest BCUT2D eigenvalue weighted by molar-refractivity contribution is 5.97. The number of hydrogen-bond donors (Lipinski definition) is 2. The van der Waals surface area contributed by atoms with E-state index in [1.54, 1.807) is 4.90 Å². The van der Waals surface area contributed by atoms with Crippen molar-refractivity contribution in [2.24, 2.45) is 0 Å². The summed E-state index contributed by atoms with van der Waals surface area (Å²) in [4.78, 5) is 14.1. The lowest BCUT2D eigenvalue weighted by molar-refractivity contribution is 0.0736. The van der Waals surface area contributed by atoms with Gasteiger partial charge in [0.1, 0.15) is 0 Å². The molecule has 0 bridgehead atoms. The molecule has 0 saturated carbocycles. The molecule has 1 amide bonds. The van der Waals surface area contributed by atoms with Gasteiger partial charge in [0.25, 0.3) is 5.91 Å². The highest BCUT2D eigenvalue weighted by atomic mass is 16.5. The summed E-state index contributed by atoms with van der Waals surface area (Å²) in [5, 5.41) is 6.92. The van der Waals surface area contributed by atoms with Crippen LogP contribution in [0, 0.1) is 0 Å². The molecule has 1 aliphatic heterocycles. The standard InChI is InChI=1S/C12H20N4O2/c1-8(2)10-9(13)11(15-14-10)12(17)16-4-3-6-18-7-5-16/h8H,3-7,13H2,1-2H3,(H,14,15). The van der Waals surface area contributed by atoms with Gasteiger partial charge in [0.05, 0.1) is 18.0 Å². The molecule has 6 heteroatoms. The minimum absolute atomic E-state index is 0.110. The molecule has 1 saturated heterocycles. The van der Waals surface area contributed by atoms with Crippen LogP contribution in [0.15, 0.2) is 0 Å². The van der Waals surface area contributed by atoms with Crippen molar-refractivity contribution in [3.63, 3.8) is 0 Å². The van der Waals surface area contributed by atoms with Gasteiger partial charge >= 0.3 is 0 Å². The Balaban J connectivity index is 2.17. The maximum absolute atomic E-state index is 12.3. The molecule has 1 aliphatic rings. The third-order valence-electron chi connectivity index (χ3n) is 3.12. The number of amides is 1. The average Bonchev–Trinajstić information content (AvgIpc) is 2.56. The summed E-state index contributed by atoms with van der Waals surface area (Å²) in [6.07, 6.45) is 0.854. The summed E-state index contributed by atoms with van der Waals surface area (Å²) in [6.45, 7) is 6.60. The average molecular weight is 252 g/mol. The highest BCUT2D eigenvalue weighted by Gasteiger charge is 2.24. The fourth-order valence-corrected chi connectivity index (χ4v) is 2.07. The number of carbonyl (C=O) groups is 1. The summed E-state index contributed by atoms with van der Waals surface area (Å²) in [5.41, 5.74) is 7.61. The molecule has 1 fully saturated rings. The van der Waals surface area contributed by atoms with Crippen molar-refractivity contribution in [3.05, 3.63) is 11.4 Å². The van der Waals surface area contributed by atoms with Crippen LogP contribution in [0.5, 0.6) is 0 Å². The molecule has 0 aromatic carbocycles. The van der Waals surface area contributed by atoms with Crippen molar-refractivity contribution in [1.29, 1.82) is 0 Å². The molecule has 3 N–H and O–H groups in total. The minimum atomic E-state index is -0.110. The third kappa shape index (κ3) is 2.48. The molecule has 100 valence electrons. The van der Waals surface area contributed by atoms with Gasteiger partial charge in [-0.2, -0.15) is 5.10 Å². The zero-order valence-corrected chi connectivity index (χ0v) is 10.9. The van der Waals surface area contributed by atoms with Crippen LogP contribution in [0.4, 0.5) is 5.69 Å². The Bertz CT molecular complexity index is 420. The number of nitrogens with one attached hydrogen (secondary N) is 1. The first kappa shape index (κ1) is 12.9. The zero-order valence-electron chi connectivity index (χ0n) is 10.9. The van der Waals surface area contributed by atoms with Crippen LogP contribution < -0.4 is 5.73 Å².